The maximum absolute atomic E-state index is 12.1. The molecule has 1 unspecified atom stereocenters. The van der Waals surface area contributed by atoms with Crippen molar-refractivity contribution in [3.05, 3.63) is 65.0 Å². The molecule has 24 heavy (non-hydrogen) atoms. The van der Waals surface area contributed by atoms with Crippen LogP contribution in [0.15, 0.2) is 42.5 Å². The Morgan fingerprint density at radius 1 is 1.17 bits per heavy atom. The van der Waals surface area contributed by atoms with Gasteiger partial charge in [0.1, 0.15) is 0 Å². The number of hydrogen-bond acceptors (Lipinski definition) is 4. The van der Waals surface area contributed by atoms with Gasteiger partial charge < -0.3 is 10.4 Å². The van der Waals surface area contributed by atoms with Crippen molar-refractivity contribution in [1.29, 1.82) is 0 Å². The smallest absolute Gasteiger partial charge is 0.223 e. The van der Waals surface area contributed by atoms with E-state index in [4.69, 9.17) is 0 Å². The van der Waals surface area contributed by atoms with Gasteiger partial charge in [0.2, 0.25) is 5.91 Å². The molecule has 0 spiro atoms. The fourth-order valence-electron chi connectivity index (χ4n) is 2.55. The van der Waals surface area contributed by atoms with Gasteiger partial charge in [0.05, 0.1) is 24.3 Å². The second-order valence-corrected chi connectivity index (χ2v) is 6.09. The minimum atomic E-state index is -1.23. The van der Waals surface area contributed by atoms with Crippen molar-refractivity contribution >= 4 is 11.7 Å². The first-order valence-electron chi connectivity index (χ1n) is 7.81. The average Bonchev–Trinajstić information content (AvgIpc) is 2.53. The largest absolute Gasteiger partial charge is 0.385 e. The number of benzene rings is 1. The molecule has 1 heterocycles. The van der Waals surface area contributed by atoms with Gasteiger partial charge in [-0.15, -0.1) is 0 Å². The van der Waals surface area contributed by atoms with E-state index >= 15 is 0 Å². The topological polar surface area (TPSA) is 79.3 Å². The zero-order valence-electron chi connectivity index (χ0n) is 14.2. The van der Waals surface area contributed by atoms with Crippen molar-refractivity contribution in [2.45, 2.75) is 39.3 Å². The van der Waals surface area contributed by atoms with Crippen LogP contribution in [0.2, 0.25) is 0 Å². The highest BCUT2D eigenvalue weighted by molar-refractivity contribution is 5.95. The molecule has 1 atom stereocenters. The van der Waals surface area contributed by atoms with Crippen LogP contribution in [0.4, 0.5) is 0 Å². The summed E-state index contributed by atoms with van der Waals surface area (Å²) >= 11 is 0. The number of aliphatic hydroxyl groups is 1. The van der Waals surface area contributed by atoms with E-state index in [0.717, 1.165) is 0 Å². The maximum atomic E-state index is 12.1. The summed E-state index contributed by atoms with van der Waals surface area (Å²) in [6, 6.07) is 12.5. The van der Waals surface area contributed by atoms with Crippen LogP contribution in [-0.4, -0.2) is 21.8 Å². The number of carbonyl (C=O) groups excluding carboxylic acids is 2. The fraction of sp³-hybridized carbons (Fsp3) is 0.316. The van der Waals surface area contributed by atoms with Gasteiger partial charge in [0.15, 0.2) is 5.78 Å². The second kappa shape index (κ2) is 7.36. The molecule has 1 aromatic carbocycles. The predicted molar refractivity (Wildman–Crippen MR) is 91.5 cm³/mol. The Morgan fingerprint density at radius 3 is 2.42 bits per heavy atom. The monoisotopic (exact) mass is 326 g/mol. The normalized spacial score (nSPS) is 13.2. The lowest BCUT2D eigenvalue weighted by atomic mass is 9.92. The molecular weight excluding hydrogens is 304 g/mol. The second-order valence-electron chi connectivity index (χ2n) is 6.09. The minimum Gasteiger partial charge on any atom is -0.385 e. The Kier molecular flexibility index (Phi) is 5.46. The summed E-state index contributed by atoms with van der Waals surface area (Å²) in [6.45, 7) is 5.13. The number of aryl methyl sites for hydroxylation is 1. The van der Waals surface area contributed by atoms with Crippen molar-refractivity contribution in [2.75, 3.05) is 0 Å². The Labute approximate surface area is 141 Å². The van der Waals surface area contributed by atoms with Crippen LogP contribution in [0.3, 0.4) is 0 Å². The van der Waals surface area contributed by atoms with Crippen LogP contribution in [0, 0.1) is 6.92 Å². The minimum absolute atomic E-state index is 0.0329. The molecule has 0 radical (unpaired) electrons. The van der Waals surface area contributed by atoms with E-state index in [9.17, 15) is 14.7 Å². The SMILES string of the molecule is CC(=O)c1ccc(CNC(=O)CC(C)(O)c2ccccc2)nc1C. The van der Waals surface area contributed by atoms with Crippen LogP contribution in [-0.2, 0) is 16.9 Å². The lowest BCUT2D eigenvalue weighted by Gasteiger charge is -2.23. The first-order chi connectivity index (χ1) is 11.3. The highest BCUT2D eigenvalue weighted by Crippen LogP contribution is 2.23. The third-order valence-corrected chi connectivity index (χ3v) is 3.89. The van der Waals surface area contributed by atoms with Crippen molar-refractivity contribution in [3.8, 4) is 0 Å². The first kappa shape index (κ1) is 17.8. The van der Waals surface area contributed by atoms with Crippen LogP contribution >= 0.6 is 0 Å². The van der Waals surface area contributed by atoms with E-state index in [0.29, 0.717) is 22.5 Å². The molecule has 0 aliphatic rings. The molecule has 0 fully saturated rings. The Balaban J connectivity index is 1.96. The van der Waals surface area contributed by atoms with E-state index in [1.165, 1.54) is 6.92 Å². The van der Waals surface area contributed by atoms with Crippen molar-refractivity contribution in [2.24, 2.45) is 0 Å². The molecule has 2 rings (SSSR count). The van der Waals surface area contributed by atoms with Crippen molar-refractivity contribution < 1.29 is 14.7 Å². The summed E-state index contributed by atoms with van der Waals surface area (Å²) < 4.78 is 0. The van der Waals surface area contributed by atoms with Gasteiger partial charge in [-0.3, -0.25) is 14.6 Å². The van der Waals surface area contributed by atoms with Crippen molar-refractivity contribution in [1.82, 2.24) is 10.3 Å². The molecule has 126 valence electrons. The Morgan fingerprint density at radius 2 is 1.83 bits per heavy atom. The van der Waals surface area contributed by atoms with E-state index in [-0.39, 0.29) is 24.7 Å². The quantitative estimate of drug-likeness (QED) is 0.800. The number of rotatable bonds is 6. The van der Waals surface area contributed by atoms with Crippen molar-refractivity contribution in [3.63, 3.8) is 0 Å². The maximum Gasteiger partial charge on any atom is 0.223 e. The average molecular weight is 326 g/mol. The number of Topliss-reactive ketones (excluding diaryl/α,β-unsaturated/α-hetero) is 1. The fourth-order valence-corrected chi connectivity index (χ4v) is 2.55. The third-order valence-electron chi connectivity index (χ3n) is 3.89. The van der Waals surface area contributed by atoms with Gasteiger partial charge in [-0.05, 0) is 38.5 Å². The molecule has 0 bridgehead atoms. The van der Waals surface area contributed by atoms with Gasteiger partial charge in [0, 0.05) is 11.3 Å². The predicted octanol–water partition coefficient (Wildman–Crippen LogP) is 2.51. The summed E-state index contributed by atoms with van der Waals surface area (Å²) in [5, 5.41) is 13.2. The van der Waals surface area contributed by atoms with Gasteiger partial charge >= 0.3 is 0 Å². The number of nitrogens with zero attached hydrogens (tertiary/aromatic N) is 1. The Hall–Kier alpha value is -2.53. The number of aromatic nitrogens is 1. The van der Waals surface area contributed by atoms with Crippen LogP contribution in [0.5, 0.6) is 0 Å². The van der Waals surface area contributed by atoms with Gasteiger partial charge in [-0.2, -0.15) is 0 Å². The standard InChI is InChI=1S/C19H22N2O3/c1-13-17(14(2)22)10-9-16(21-13)12-20-18(23)11-19(3,24)15-7-5-4-6-8-15/h4-10,24H,11-12H2,1-3H3,(H,20,23). The first-order valence-corrected chi connectivity index (χ1v) is 7.81. The number of pyridine rings is 1. The number of hydrogen-bond donors (Lipinski definition) is 2. The van der Waals surface area contributed by atoms with E-state index in [1.807, 2.05) is 18.2 Å². The molecule has 1 aromatic heterocycles. The summed E-state index contributed by atoms with van der Waals surface area (Å²) in [4.78, 5) is 27.8. The molecule has 5 nitrogen and oxygen atoms in total. The molecule has 1 amide bonds. The molecule has 2 aromatic rings. The molecule has 0 aliphatic heterocycles. The molecule has 5 heteroatoms. The van der Waals surface area contributed by atoms with Crippen LogP contribution in [0.1, 0.15) is 47.6 Å². The third kappa shape index (κ3) is 4.49. The van der Waals surface area contributed by atoms with Crippen LogP contribution in [0.25, 0.3) is 0 Å². The lowest BCUT2D eigenvalue weighted by molar-refractivity contribution is -0.126. The molecule has 0 aliphatic carbocycles. The Bertz CT molecular complexity index is 740. The number of carbonyl (C=O) groups is 2. The molecule has 2 N–H and O–H groups in total. The molecule has 0 saturated carbocycles. The van der Waals surface area contributed by atoms with E-state index in [1.54, 1.807) is 38.1 Å². The highest BCUT2D eigenvalue weighted by Gasteiger charge is 2.26. The van der Waals surface area contributed by atoms with Gasteiger partial charge in [0.25, 0.3) is 0 Å². The van der Waals surface area contributed by atoms with E-state index < -0.39 is 5.60 Å². The van der Waals surface area contributed by atoms with Gasteiger partial charge in [-0.25, -0.2) is 0 Å². The summed E-state index contributed by atoms with van der Waals surface area (Å²) in [7, 11) is 0. The molecular formula is C19H22N2O3. The summed E-state index contributed by atoms with van der Waals surface area (Å²) in [5.74, 6) is -0.298. The highest BCUT2D eigenvalue weighted by atomic mass is 16.3. The van der Waals surface area contributed by atoms with Gasteiger partial charge in [-0.1, -0.05) is 30.3 Å². The zero-order valence-corrected chi connectivity index (χ0v) is 14.2. The number of ketones is 1. The zero-order chi connectivity index (χ0) is 17.7. The summed E-state index contributed by atoms with van der Waals surface area (Å²) in [5.41, 5.74) is 1.36. The number of amides is 1. The number of nitrogens with one attached hydrogen (secondary N) is 1. The van der Waals surface area contributed by atoms with E-state index in [2.05, 4.69) is 10.3 Å². The molecule has 0 saturated heterocycles. The lowest BCUT2D eigenvalue weighted by Crippen LogP contribution is -2.32. The van der Waals surface area contributed by atoms with Crippen LogP contribution < -0.4 is 5.32 Å². The summed E-state index contributed by atoms with van der Waals surface area (Å²) in [6.07, 6.45) is -0.0402.